The van der Waals surface area contributed by atoms with Crippen molar-refractivity contribution in [1.29, 1.82) is 0 Å². The van der Waals surface area contributed by atoms with E-state index in [1.54, 1.807) is 0 Å². The zero-order chi connectivity index (χ0) is 10.3. The highest BCUT2D eigenvalue weighted by molar-refractivity contribution is 5.13. The summed E-state index contributed by atoms with van der Waals surface area (Å²) < 4.78 is 0. The fraction of sp³-hybridized carbons (Fsp3) is 0.818. The molecule has 0 bridgehead atoms. The number of nitrogens with two attached hydrogens (primary N) is 1. The molecule has 0 aliphatic heterocycles. The molecule has 0 aromatic rings. The van der Waals surface area contributed by atoms with E-state index in [1.165, 1.54) is 12.0 Å². The lowest BCUT2D eigenvalue weighted by atomic mass is 9.90. The van der Waals surface area contributed by atoms with E-state index in [2.05, 4.69) is 0 Å². The van der Waals surface area contributed by atoms with Crippen molar-refractivity contribution in [3.05, 3.63) is 11.3 Å². The van der Waals surface area contributed by atoms with Crippen molar-refractivity contribution in [2.45, 2.75) is 58.9 Å². The van der Waals surface area contributed by atoms with Gasteiger partial charge in [0.1, 0.15) is 0 Å². The molecule has 0 spiro atoms. The number of rotatable bonds is 3. The van der Waals surface area contributed by atoms with Crippen LogP contribution in [0.15, 0.2) is 11.3 Å². The zero-order valence-electron chi connectivity index (χ0n) is 9.14. The lowest BCUT2D eigenvalue weighted by Crippen LogP contribution is -2.15. The highest BCUT2D eigenvalue weighted by atomic mass is 16.3. The quantitative estimate of drug-likeness (QED) is 0.663. The van der Waals surface area contributed by atoms with Gasteiger partial charge in [0.25, 0.3) is 0 Å². The first-order valence-corrected chi connectivity index (χ1v) is 5.35. The molecule has 78 valence electrons. The minimum Gasteiger partial charge on any atom is -0.512 e. The van der Waals surface area contributed by atoms with Crippen molar-refractivity contribution >= 4 is 0 Å². The highest BCUT2D eigenvalue weighted by Crippen LogP contribution is 2.29. The molecule has 1 saturated carbocycles. The Balaban J connectivity index is 0.000000671. The monoisotopic (exact) mass is 185 g/mol. The number of allylic oxidation sites excluding steroid dienone is 2. The molecule has 1 aliphatic carbocycles. The summed E-state index contributed by atoms with van der Waals surface area (Å²) in [5.74, 6) is 0.605. The Bertz CT molecular complexity index is 155. The Morgan fingerprint density at radius 3 is 2.31 bits per heavy atom. The summed E-state index contributed by atoms with van der Waals surface area (Å²) in [5.41, 5.74) is 6.82. The van der Waals surface area contributed by atoms with E-state index in [0.29, 0.717) is 5.76 Å². The van der Waals surface area contributed by atoms with Gasteiger partial charge in [-0.25, -0.2) is 0 Å². The van der Waals surface area contributed by atoms with Gasteiger partial charge in [-0.2, -0.15) is 0 Å². The predicted octanol–water partition coefficient (Wildman–Crippen LogP) is 3.14. The molecular formula is C11H23NO. The Hall–Kier alpha value is -0.500. The topological polar surface area (TPSA) is 46.2 Å². The number of aliphatic hydroxyl groups is 1. The molecule has 0 amide bonds. The standard InChI is InChI=1S/C9H17NO.C2H6/c1-7(10)5-6-9(11)8-3-2-4-8;1-2/h7,11H,2-6,10H2,1H3;1-2H3. The van der Waals surface area contributed by atoms with Crippen molar-refractivity contribution in [2.75, 3.05) is 0 Å². The van der Waals surface area contributed by atoms with Crippen LogP contribution in [0, 0.1) is 0 Å². The molecule has 2 nitrogen and oxygen atoms in total. The lowest BCUT2D eigenvalue weighted by molar-refractivity contribution is 0.356. The fourth-order valence-electron chi connectivity index (χ4n) is 1.18. The van der Waals surface area contributed by atoms with Crippen molar-refractivity contribution in [3.8, 4) is 0 Å². The van der Waals surface area contributed by atoms with Crippen LogP contribution in [-0.2, 0) is 0 Å². The molecule has 0 radical (unpaired) electrons. The minimum atomic E-state index is 0.206. The van der Waals surface area contributed by atoms with Crippen LogP contribution in [0.25, 0.3) is 0 Å². The first-order chi connectivity index (χ1) is 6.20. The lowest BCUT2D eigenvalue weighted by Gasteiger charge is -2.18. The molecule has 1 unspecified atom stereocenters. The van der Waals surface area contributed by atoms with Crippen LogP contribution in [-0.4, -0.2) is 11.1 Å². The van der Waals surface area contributed by atoms with Crippen LogP contribution in [0.3, 0.4) is 0 Å². The largest absolute Gasteiger partial charge is 0.512 e. The van der Waals surface area contributed by atoms with Gasteiger partial charge in [-0.3, -0.25) is 0 Å². The van der Waals surface area contributed by atoms with Crippen molar-refractivity contribution in [1.82, 2.24) is 0 Å². The van der Waals surface area contributed by atoms with Gasteiger partial charge in [0.05, 0.1) is 5.76 Å². The molecule has 1 fully saturated rings. The first-order valence-electron chi connectivity index (χ1n) is 5.35. The highest BCUT2D eigenvalue weighted by Gasteiger charge is 2.13. The Labute approximate surface area is 81.8 Å². The molecule has 0 aromatic carbocycles. The Morgan fingerprint density at radius 2 is 2.00 bits per heavy atom. The second kappa shape index (κ2) is 6.96. The van der Waals surface area contributed by atoms with Crippen molar-refractivity contribution in [3.63, 3.8) is 0 Å². The van der Waals surface area contributed by atoms with Crippen LogP contribution < -0.4 is 5.73 Å². The molecule has 13 heavy (non-hydrogen) atoms. The summed E-state index contributed by atoms with van der Waals surface area (Å²) in [6, 6.07) is 0.206. The summed E-state index contributed by atoms with van der Waals surface area (Å²) in [7, 11) is 0. The number of hydrogen-bond acceptors (Lipinski definition) is 2. The van der Waals surface area contributed by atoms with E-state index in [-0.39, 0.29) is 6.04 Å². The average Bonchev–Trinajstić information content (AvgIpc) is 2.01. The maximum atomic E-state index is 9.44. The first kappa shape index (κ1) is 12.5. The minimum absolute atomic E-state index is 0.206. The normalized spacial score (nSPS) is 16.8. The molecule has 0 saturated heterocycles. The van der Waals surface area contributed by atoms with E-state index >= 15 is 0 Å². The number of aliphatic hydroxyl groups excluding tert-OH is 1. The van der Waals surface area contributed by atoms with Crippen LogP contribution >= 0.6 is 0 Å². The van der Waals surface area contributed by atoms with Gasteiger partial charge < -0.3 is 10.8 Å². The van der Waals surface area contributed by atoms with E-state index in [9.17, 15) is 5.11 Å². The van der Waals surface area contributed by atoms with Crippen molar-refractivity contribution in [2.24, 2.45) is 5.73 Å². The van der Waals surface area contributed by atoms with Gasteiger partial charge in [-0.1, -0.05) is 13.8 Å². The van der Waals surface area contributed by atoms with Crippen molar-refractivity contribution < 1.29 is 5.11 Å². The molecule has 1 rings (SSSR count). The third-order valence-corrected chi connectivity index (χ3v) is 2.20. The summed E-state index contributed by atoms with van der Waals surface area (Å²) in [4.78, 5) is 0. The average molecular weight is 185 g/mol. The predicted molar refractivity (Wildman–Crippen MR) is 57.7 cm³/mol. The molecule has 3 N–H and O–H groups in total. The van der Waals surface area contributed by atoms with E-state index in [1.807, 2.05) is 20.8 Å². The van der Waals surface area contributed by atoms with Gasteiger partial charge in [0.15, 0.2) is 0 Å². The molecular weight excluding hydrogens is 162 g/mol. The van der Waals surface area contributed by atoms with Gasteiger partial charge in [-0.05, 0) is 38.2 Å². The van der Waals surface area contributed by atoms with Gasteiger partial charge in [0.2, 0.25) is 0 Å². The summed E-state index contributed by atoms with van der Waals surface area (Å²) in [6.07, 6.45) is 5.12. The summed E-state index contributed by atoms with van der Waals surface area (Å²) >= 11 is 0. The smallest absolute Gasteiger partial charge is 0.0915 e. The van der Waals surface area contributed by atoms with Gasteiger partial charge in [-0.15, -0.1) is 0 Å². The van der Waals surface area contributed by atoms with Crippen LogP contribution in [0.5, 0.6) is 0 Å². The maximum absolute atomic E-state index is 9.44. The van der Waals surface area contributed by atoms with Crippen LogP contribution in [0.4, 0.5) is 0 Å². The second-order valence-electron chi connectivity index (χ2n) is 3.42. The molecule has 2 heteroatoms. The maximum Gasteiger partial charge on any atom is 0.0915 e. The SMILES string of the molecule is CC.CC(N)CCC(O)=C1CCC1. The fourth-order valence-corrected chi connectivity index (χ4v) is 1.18. The molecule has 1 atom stereocenters. The molecule has 0 aromatic heterocycles. The van der Waals surface area contributed by atoms with Gasteiger partial charge in [0, 0.05) is 12.5 Å². The van der Waals surface area contributed by atoms with Gasteiger partial charge >= 0.3 is 0 Å². The third-order valence-electron chi connectivity index (χ3n) is 2.20. The van der Waals surface area contributed by atoms with E-state index < -0.39 is 0 Å². The van der Waals surface area contributed by atoms with E-state index in [0.717, 1.165) is 25.7 Å². The number of hydrogen-bond donors (Lipinski definition) is 2. The summed E-state index contributed by atoms with van der Waals surface area (Å²) in [5, 5.41) is 9.44. The van der Waals surface area contributed by atoms with Crippen LogP contribution in [0.1, 0.15) is 52.9 Å². The zero-order valence-corrected chi connectivity index (χ0v) is 9.14. The molecule has 0 heterocycles. The third kappa shape index (κ3) is 4.94. The summed E-state index contributed by atoms with van der Waals surface area (Å²) in [6.45, 7) is 5.97. The van der Waals surface area contributed by atoms with E-state index in [4.69, 9.17) is 5.73 Å². The Morgan fingerprint density at radius 1 is 1.46 bits per heavy atom. The second-order valence-corrected chi connectivity index (χ2v) is 3.42. The van der Waals surface area contributed by atoms with Crippen LogP contribution in [0.2, 0.25) is 0 Å². The molecule has 1 aliphatic rings. The Kier molecular flexibility index (Phi) is 6.69.